The van der Waals surface area contributed by atoms with E-state index in [1.54, 1.807) is 18.2 Å². The fraction of sp³-hybridized carbons (Fsp3) is 0.633. The Kier molecular flexibility index (Phi) is 8.28. The zero-order valence-electron chi connectivity index (χ0n) is 22.2. The van der Waals surface area contributed by atoms with Crippen LogP contribution in [-0.2, 0) is 17.4 Å². The highest BCUT2D eigenvalue weighted by Gasteiger charge is 2.43. The van der Waals surface area contributed by atoms with Crippen molar-refractivity contribution in [3.8, 4) is 5.75 Å². The maximum Gasteiger partial charge on any atom is 0.420 e. The first-order chi connectivity index (χ1) is 18.9. The number of benzene rings is 2. The molecule has 2 aliphatic heterocycles. The summed E-state index contributed by atoms with van der Waals surface area (Å²) < 4.78 is 87.1. The van der Waals surface area contributed by atoms with E-state index in [1.807, 2.05) is 0 Å². The third-order valence-corrected chi connectivity index (χ3v) is 9.12. The van der Waals surface area contributed by atoms with Crippen LogP contribution in [0, 0.1) is 11.8 Å². The van der Waals surface area contributed by atoms with Gasteiger partial charge in [0.25, 0.3) is 0 Å². The normalized spacial score (nSPS) is 28.0. The van der Waals surface area contributed by atoms with Gasteiger partial charge in [-0.25, -0.2) is 0 Å². The Morgan fingerprint density at radius 3 is 2.20 bits per heavy atom. The minimum absolute atomic E-state index is 0.0167. The SMILES string of the molecule is O=C(O)C1CC2CCCC(C1)N2CCCc1ccc2c(C(F)(F)F)c(O[C@H]3CC[C@@H](C(F)(F)F)CC3)ccc2c1. The van der Waals surface area contributed by atoms with Gasteiger partial charge < -0.3 is 9.84 Å². The fourth-order valence-corrected chi connectivity index (χ4v) is 7.10. The third kappa shape index (κ3) is 6.37. The number of alkyl halides is 6. The first-order valence-electron chi connectivity index (χ1n) is 14.2. The van der Waals surface area contributed by atoms with Gasteiger partial charge in [-0.05, 0) is 93.2 Å². The summed E-state index contributed by atoms with van der Waals surface area (Å²) in [4.78, 5) is 14.0. The van der Waals surface area contributed by atoms with Crippen molar-refractivity contribution in [2.45, 2.75) is 101 Å². The fourth-order valence-electron chi connectivity index (χ4n) is 7.10. The number of hydrogen-bond acceptors (Lipinski definition) is 3. The lowest BCUT2D eigenvalue weighted by Gasteiger charge is -2.48. The number of carbonyl (C=O) groups is 1. The molecular formula is C30H35F6NO3. The highest BCUT2D eigenvalue weighted by atomic mass is 19.4. The minimum atomic E-state index is -4.68. The van der Waals surface area contributed by atoms with E-state index in [4.69, 9.17) is 4.74 Å². The molecule has 3 fully saturated rings. The Hall–Kier alpha value is -2.49. The number of aliphatic carboxylic acids is 1. The molecule has 4 nitrogen and oxygen atoms in total. The zero-order valence-corrected chi connectivity index (χ0v) is 22.2. The summed E-state index contributed by atoms with van der Waals surface area (Å²) in [6.45, 7) is 0.830. The van der Waals surface area contributed by atoms with E-state index >= 15 is 0 Å². The highest BCUT2D eigenvalue weighted by Crippen LogP contribution is 2.44. The predicted octanol–water partition coefficient (Wildman–Crippen LogP) is 8.01. The molecule has 220 valence electrons. The molecule has 2 aromatic carbocycles. The van der Waals surface area contributed by atoms with Crippen molar-refractivity contribution < 1.29 is 41.0 Å². The Morgan fingerprint density at radius 1 is 0.925 bits per heavy atom. The lowest BCUT2D eigenvalue weighted by molar-refractivity contribution is -0.185. The zero-order chi connectivity index (χ0) is 28.7. The quantitative estimate of drug-likeness (QED) is 0.342. The molecule has 1 aliphatic carbocycles. The average molecular weight is 572 g/mol. The summed E-state index contributed by atoms with van der Waals surface area (Å²) in [5.41, 5.74) is 0.0361. The number of rotatable bonds is 7. The molecular weight excluding hydrogens is 536 g/mol. The maximum atomic E-state index is 14.2. The van der Waals surface area contributed by atoms with Crippen molar-refractivity contribution in [3.63, 3.8) is 0 Å². The molecule has 3 aliphatic rings. The lowest BCUT2D eigenvalue weighted by Crippen LogP contribution is -2.53. The minimum Gasteiger partial charge on any atom is -0.490 e. The van der Waals surface area contributed by atoms with Crippen LogP contribution in [0.1, 0.15) is 75.3 Å². The lowest BCUT2D eigenvalue weighted by atomic mass is 9.78. The van der Waals surface area contributed by atoms with Crippen molar-refractivity contribution in [3.05, 3.63) is 41.5 Å². The Bertz CT molecular complexity index is 1190. The van der Waals surface area contributed by atoms with Gasteiger partial charge in [-0.15, -0.1) is 0 Å². The first kappa shape index (κ1) is 29.0. The van der Waals surface area contributed by atoms with Gasteiger partial charge in [0.15, 0.2) is 0 Å². The molecule has 0 spiro atoms. The van der Waals surface area contributed by atoms with E-state index in [2.05, 4.69) is 4.90 Å². The second-order valence-corrected chi connectivity index (χ2v) is 11.7. The average Bonchev–Trinajstić information content (AvgIpc) is 2.87. The monoisotopic (exact) mass is 571 g/mol. The van der Waals surface area contributed by atoms with Gasteiger partial charge in [0.05, 0.1) is 17.9 Å². The molecule has 1 saturated carbocycles. The van der Waals surface area contributed by atoms with Gasteiger partial charge in [0.1, 0.15) is 11.3 Å². The van der Waals surface area contributed by atoms with E-state index in [9.17, 15) is 36.2 Å². The first-order valence-corrected chi connectivity index (χ1v) is 14.2. The van der Waals surface area contributed by atoms with Crippen molar-refractivity contribution in [2.75, 3.05) is 6.54 Å². The number of nitrogens with zero attached hydrogens (tertiary/aromatic N) is 1. The molecule has 1 N–H and O–H groups in total. The van der Waals surface area contributed by atoms with Crippen LogP contribution in [0.5, 0.6) is 5.75 Å². The van der Waals surface area contributed by atoms with E-state index in [0.29, 0.717) is 24.6 Å². The van der Waals surface area contributed by atoms with Crippen molar-refractivity contribution in [2.24, 2.45) is 11.8 Å². The Labute approximate surface area is 229 Å². The van der Waals surface area contributed by atoms with Crippen LogP contribution in [0.4, 0.5) is 26.3 Å². The number of fused-ring (bicyclic) bond motifs is 3. The van der Waals surface area contributed by atoms with Crippen LogP contribution in [-0.4, -0.2) is 46.9 Å². The van der Waals surface area contributed by atoms with Crippen molar-refractivity contribution in [1.82, 2.24) is 4.90 Å². The second-order valence-electron chi connectivity index (χ2n) is 11.7. The third-order valence-electron chi connectivity index (χ3n) is 9.12. The molecule has 0 amide bonds. The number of carboxylic acids is 1. The van der Waals surface area contributed by atoms with Crippen LogP contribution in [0.15, 0.2) is 30.3 Å². The summed E-state index contributed by atoms with van der Waals surface area (Å²) in [6.07, 6.45) is -3.83. The van der Waals surface area contributed by atoms with Gasteiger partial charge >= 0.3 is 18.3 Å². The molecule has 2 heterocycles. The summed E-state index contributed by atoms with van der Waals surface area (Å²) >= 11 is 0. The predicted molar refractivity (Wildman–Crippen MR) is 138 cm³/mol. The number of ether oxygens (including phenoxy) is 1. The maximum absolute atomic E-state index is 14.2. The largest absolute Gasteiger partial charge is 0.490 e. The summed E-state index contributed by atoms with van der Waals surface area (Å²) in [5.74, 6) is -2.76. The summed E-state index contributed by atoms with van der Waals surface area (Å²) in [7, 11) is 0. The van der Waals surface area contributed by atoms with Crippen LogP contribution in [0.25, 0.3) is 10.8 Å². The van der Waals surface area contributed by atoms with Crippen LogP contribution >= 0.6 is 0 Å². The molecule has 10 heteroatoms. The molecule has 5 rings (SSSR count). The summed E-state index contributed by atoms with van der Waals surface area (Å²) in [6, 6.07) is 8.37. The number of carboxylic acid groups (broad SMARTS) is 1. The molecule has 0 radical (unpaired) electrons. The van der Waals surface area contributed by atoms with Crippen molar-refractivity contribution >= 4 is 16.7 Å². The standard InChI is InChI=1S/C30H35F6NO3/c31-29(32,33)21-8-10-24(11-9-21)40-26-13-7-19-15-18(6-12-25(19)27(26)30(34,35)36)3-2-14-37-22-4-1-5-23(37)17-20(16-22)28(38)39/h6-7,12-13,15,20-24H,1-5,8-11,14,16-17H2,(H,38,39)/t20?,21-,22?,23?,24+. The number of piperidine rings is 2. The van der Waals surface area contributed by atoms with Gasteiger partial charge in [0, 0.05) is 12.1 Å². The van der Waals surface area contributed by atoms with E-state index in [-0.39, 0.29) is 54.8 Å². The molecule has 0 aromatic heterocycles. The Balaban J connectivity index is 1.25. The van der Waals surface area contributed by atoms with Crippen molar-refractivity contribution in [1.29, 1.82) is 0 Å². The topological polar surface area (TPSA) is 49.8 Å². The smallest absolute Gasteiger partial charge is 0.420 e. The number of hydrogen-bond donors (Lipinski definition) is 1. The van der Waals surface area contributed by atoms with E-state index in [1.165, 1.54) is 12.1 Å². The number of aryl methyl sites for hydroxylation is 1. The van der Waals surface area contributed by atoms with Crippen LogP contribution in [0.3, 0.4) is 0 Å². The van der Waals surface area contributed by atoms with Gasteiger partial charge in [0.2, 0.25) is 0 Å². The molecule has 2 bridgehead atoms. The van der Waals surface area contributed by atoms with Crippen LogP contribution < -0.4 is 4.74 Å². The van der Waals surface area contributed by atoms with Gasteiger partial charge in [-0.2, -0.15) is 26.3 Å². The van der Waals surface area contributed by atoms with E-state index < -0.39 is 35.9 Å². The van der Waals surface area contributed by atoms with Gasteiger partial charge in [-0.3, -0.25) is 9.69 Å². The molecule has 2 unspecified atom stereocenters. The molecule has 2 atom stereocenters. The van der Waals surface area contributed by atoms with E-state index in [0.717, 1.165) is 37.8 Å². The van der Waals surface area contributed by atoms with Gasteiger partial charge in [-0.1, -0.05) is 30.7 Å². The van der Waals surface area contributed by atoms with Crippen LogP contribution in [0.2, 0.25) is 0 Å². The highest BCUT2D eigenvalue weighted by molar-refractivity contribution is 5.89. The molecule has 40 heavy (non-hydrogen) atoms. The molecule has 2 aromatic rings. The Morgan fingerprint density at radius 2 is 1.60 bits per heavy atom. The number of halogens is 6. The molecule has 2 saturated heterocycles. The summed E-state index contributed by atoms with van der Waals surface area (Å²) in [5, 5.41) is 9.92. The second kappa shape index (κ2) is 11.4.